The molecule has 5 heteroatoms. The highest BCUT2D eigenvalue weighted by atomic mass is 19.1. The van der Waals surface area contributed by atoms with E-state index in [0.29, 0.717) is 16.7 Å². The van der Waals surface area contributed by atoms with Gasteiger partial charge in [0.2, 0.25) is 0 Å². The zero-order valence-corrected chi connectivity index (χ0v) is 13.0. The monoisotopic (exact) mass is 310 g/mol. The third-order valence-electron chi connectivity index (χ3n) is 3.70. The summed E-state index contributed by atoms with van der Waals surface area (Å²) in [6.45, 7) is 2.48. The van der Waals surface area contributed by atoms with Crippen LogP contribution >= 0.6 is 0 Å². The molecule has 0 radical (unpaired) electrons. The summed E-state index contributed by atoms with van der Waals surface area (Å²) in [6, 6.07) is 15.3. The standard InChI is InChI=1S/C18H19FN4/c1-23(12-14-6-3-2-4-7-14)11-10-20-18-15-8-5-9-16(19)17(15)21-13-22-18/h2-9,13H,10-12H2,1H3,(H,20,21,22). The molecule has 0 spiro atoms. The number of nitrogens with zero attached hydrogens (tertiary/aromatic N) is 3. The van der Waals surface area contributed by atoms with Gasteiger partial charge in [0.05, 0.1) is 0 Å². The van der Waals surface area contributed by atoms with E-state index in [-0.39, 0.29) is 5.82 Å². The molecule has 4 nitrogen and oxygen atoms in total. The van der Waals surface area contributed by atoms with Crippen LogP contribution in [-0.4, -0.2) is 35.0 Å². The van der Waals surface area contributed by atoms with Crippen LogP contribution in [0, 0.1) is 5.82 Å². The van der Waals surface area contributed by atoms with Crippen molar-refractivity contribution in [2.75, 3.05) is 25.5 Å². The second kappa shape index (κ2) is 7.15. The number of halogens is 1. The van der Waals surface area contributed by atoms with Gasteiger partial charge in [0.15, 0.2) is 0 Å². The van der Waals surface area contributed by atoms with Gasteiger partial charge < -0.3 is 10.2 Å². The molecular formula is C18H19FN4. The van der Waals surface area contributed by atoms with Crippen LogP contribution in [0.5, 0.6) is 0 Å². The normalized spacial score (nSPS) is 11.1. The minimum absolute atomic E-state index is 0.325. The third kappa shape index (κ3) is 3.81. The lowest BCUT2D eigenvalue weighted by Crippen LogP contribution is -2.25. The van der Waals surface area contributed by atoms with Crippen molar-refractivity contribution >= 4 is 16.7 Å². The van der Waals surface area contributed by atoms with Gasteiger partial charge in [-0.3, -0.25) is 0 Å². The zero-order chi connectivity index (χ0) is 16.1. The summed E-state index contributed by atoms with van der Waals surface area (Å²) in [7, 11) is 2.08. The molecule has 0 unspecified atom stereocenters. The molecule has 0 amide bonds. The summed E-state index contributed by atoms with van der Waals surface area (Å²) in [5.41, 5.74) is 1.63. The first-order chi connectivity index (χ1) is 11.2. The Balaban J connectivity index is 1.60. The predicted octanol–water partition coefficient (Wildman–Crippen LogP) is 3.31. The van der Waals surface area contributed by atoms with Crippen LogP contribution in [0.2, 0.25) is 0 Å². The Labute approximate surface area is 135 Å². The van der Waals surface area contributed by atoms with Crippen molar-refractivity contribution in [3.63, 3.8) is 0 Å². The molecule has 0 atom stereocenters. The maximum absolute atomic E-state index is 13.7. The molecule has 0 saturated carbocycles. The second-order valence-electron chi connectivity index (χ2n) is 5.51. The number of likely N-dealkylation sites (N-methyl/N-ethyl adjacent to an activating group) is 1. The zero-order valence-electron chi connectivity index (χ0n) is 13.0. The van der Waals surface area contributed by atoms with E-state index in [2.05, 4.69) is 39.4 Å². The molecule has 1 N–H and O–H groups in total. The van der Waals surface area contributed by atoms with Crippen molar-refractivity contribution < 1.29 is 4.39 Å². The number of hydrogen-bond donors (Lipinski definition) is 1. The van der Waals surface area contributed by atoms with Crippen molar-refractivity contribution in [2.24, 2.45) is 0 Å². The number of para-hydroxylation sites is 1. The Morgan fingerprint density at radius 1 is 1.04 bits per heavy atom. The van der Waals surface area contributed by atoms with E-state index in [1.54, 1.807) is 6.07 Å². The average molecular weight is 310 g/mol. The highest BCUT2D eigenvalue weighted by molar-refractivity contribution is 5.89. The molecule has 23 heavy (non-hydrogen) atoms. The average Bonchev–Trinajstić information content (AvgIpc) is 2.56. The van der Waals surface area contributed by atoms with Crippen LogP contribution in [0.1, 0.15) is 5.56 Å². The lowest BCUT2D eigenvalue weighted by Gasteiger charge is -2.17. The summed E-state index contributed by atoms with van der Waals surface area (Å²) in [5, 5.41) is 3.98. The molecule has 0 saturated heterocycles. The van der Waals surface area contributed by atoms with Crippen LogP contribution in [0.4, 0.5) is 10.2 Å². The number of anilines is 1. The fourth-order valence-corrected chi connectivity index (χ4v) is 2.53. The largest absolute Gasteiger partial charge is 0.368 e. The van der Waals surface area contributed by atoms with Crippen LogP contribution in [0.25, 0.3) is 10.9 Å². The van der Waals surface area contributed by atoms with E-state index >= 15 is 0 Å². The van der Waals surface area contributed by atoms with Gasteiger partial charge in [-0.1, -0.05) is 36.4 Å². The number of hydrogen-bond acceptors (Lipinski definition) is 4. The Kier molecular flexibility index (Phi) is 4.78. The molecule has 0 aliphatic heterocycles. The number of aromatic nitrogens is 2. The Bertz CT molecular complexity index is 776. The van der Waals surface area contributed by atoms with E-state index in [0.717, 1.165) is 19.6 Å². The summed E-state index contributed by atoms with van der Waals surface area (Å²) in [4.78, 5) is 10.5. The molecule has 1 aromatic heterocycles. The van der Waals surface area contributed by atoms with E-state index in [1.165, 1.54) is 18.0 Å². The van der Waals surface area contributed by atoms with Crippen LogP contribution in [-0.2, 0) is 6.54 Å². The van der Waals surface area contributed by atoms with Gasteiger partial charge in [-0.15, -0.1) is 0 Å². The quantitative estimate of drug-likeness (QED) is 0.758. The fraction of sp³-hybridized carbons (Fsp3) is 0.222. The molecule has 3 rings (SSSR count). The van der Waals surface area contributed by atoms with Crippen molar-refractivity contribution in [3.05, 3.63) is 66.2 Å². The van der Waals surface area contributed by atoms with E-state index < -0.39 is 0 Å². The van der Waals surface area contributed by atoms with Crippen molar-refractivity contribution in [2.45, 2.75) is 6.54 Å². The molecule has 0 bridgehead atoms. The van der Waals surface area contributed by atoms with E-state index in [9.17, 15) is 4.39 Å². The Hall–Kier alpha value is -2.53. The van der Waals surface area contributed by atoms with Crippen LogP contribution < -0.4 is 5.32 Å². The number of benzene rings is 2. The summed E-state index contributed by atoms with van der Waals surface area (Å²) in [5.74, 6) is 0.344. The molecule has 0 aliphatic carbocycles. The first kappa shape index (κ1) is 15.4. The van der Waals surface area contributed by atoms with Crippen LogP contribution in [0.15, 0.2) is 54.9 Å². The Morgan fingerprint density at radius 2 is 1.87 bits per heavy atom. The molecule has 2 aromatic carbocycles. The van der Waals surface area contributed by atoms with Gasteiger partial charge in [-0.05, 0) is 24.7 Å². The third-order valence-corrected chi connectivity index (χ3v) is 3.70. The van der Waals surface area contributed by atoms with Gasteiger partial charge in [0.25, 0.3) is 0 Å². The van der Waals surface area contributed by atoms with Gasteiger partial charge in [-0.2, -0.15) is 0 Å². The van der Waals surface area contributed by atoms with Crippen molar-refractivity contribution in [1.82, 2.24) is 14.9 Å². The SMILES string of the molecule is CN(CCNc1ncnc2c(F)cccc12)Cc1ccccc1. The molecular weight excluding hydrogens is 291 g/mol. The number of fused-ring (bicyclic) bond motifs is 1. The van der Waals surface area contributed by atoms with Crippen molar-refractivity contribution in [3.8, 4) is 0 Å². The highest BCUT2D eigenvalue weighted by Crippen LogP contribution is 2.20. The smallest absolute Gasteiger partial charge is 0.149 e. The van der Waals surface area contributed by atoms with Gasteiger partial charge in [0, 0.05) is 25.0 Å². The Morgan fingerprint density at radius 3 is 2.70 bits per heavy atom. The molecule has 118 valence electrons. The first-order valence-corrected chi connectivity index (χ1v) is 7.59. The van der Waals surface area contributed by atoms with Crippen molar-refractivity contribution in [1.29, 1.82) is 0 Å². The van der Waals surface area contributed by atoms with Gasteiger partial charge in [-0.25, -0.2) is 14.4 Å². The molecule has 1 heterocycles. The number of rotatable bonds is 6. The molecule has 0 aliphatic rings. The summed E-state index contributed by atoms with van der Waals surface area (Å²) < 4.78 is 13.7. The molecule has 3 aromatic rings. The maximum Gasteiger partial charge on any atom is 0.149 e. The summed E-state index contributed by atoms with van der Waals surface area (Å²) >= 11 is 0. The number of nitrogens with one attached hydrogen (secondary N) is 1. The minimum Gasteiger partial charge on any atom is -0.368 e. The highest BCUT2D eigenvalue weighted by Gasteiger charge is 2.07. The lowest BCUT2D eigenvalue weighted by atomic mass is 10.2. The fourth-order valence-electron chi connectivity index (χ4n) is 2.53. The van der Waals surface area contributed by atoms with Crippen LogP contribution in [0.3, 0.4) is 0 Å². The van der Waals surface area contributed by atoms with Gasteiger partial charge in [0.1, 0.15) is 23.5 Å². The predicted molar refractivity (Wildman–Crippen MR) is 90.8 cm³/mol. The van der Waals surface area contributed by atoms with E-state index in [1.807, 2.05) is 24.3 Å². The van der Waals surface area contributed by atoms with Gasteiger partial charge >= 0.3 is 0 Å². The topological polar surface area (TPSA) is 41.0 Å². The first-order valence-electron chi connectivity index (χ1n) is 7.59. The van der Waals surface area contributed by atoms with E-state index in [4.69, 9.17) is 0 Å². The molecule has 0 fully saturated rings. The second-order valence-corrected chi connectivity index (χ2v) is 5.51. The minimum atomic E-state index is -0.325. The lowest BCUT2D eigenvalue weighted by molar-refractivity contribution is 0.340. The maximum atomic E-state index is 13.7. The summed E-state index contributed by atoms with van der Waals surface area (Å²) in [6.07, 6.45) is 1.39.